The number of aliphatic hydroxyl groups is 3. The quantitative estimate of drug-likeness (QED) is 0.495. The molecule has 0 radical (unpaired) electrons. The third-order valence-electron chi connectivity index (χ3n) is 3.50. The molecule has 3 rings (SSSR count). The first-order valence-corrected chi connectivity index (χ1v) is 8.32. The van der Waals surface area contributed by atoms with E-state index < -0.39 is 11.7 Å². The van der Waals surface area contributed by atoms with Crippen molar-refractivity contribution in [2.75, 3.05) is 6.61 Å². The zero-order valence-electron chi connectivity index (χ0n) is 10.5. The molecule has 9 heteroatoms. The van der Waals surface area contributed by atoms with Gasteiger partial charge in [0.15, 0.2) is 0 Å². The van der Waals surface area contributed by atoms with Crippen molar-refractivity contribution >= 4 is 37.7 Å². The summed E-state index contributed by atoms with van der Waals surface area (Å²) in [6, 6.07) is 0. The van der Waals surface area contributed by atoms with Gasteiger partial charge in [-0.15, -0.1) is 0 Å². The summed E-state index contributed by atoms with van der Waals surface area (Å²) in [5.41, 5.74) is -0.371. The van der Waals surface area contributed by atoms with Crippen molar-refractivity contribution in [1.82, 2.24) is 19.5 Å². The minimum atomic E-state index is -1.35. The summed E-state index contributed by atoms with van der Waals surface area (Å²) in [5, 5.41) is 30.2. The van der Waals surface area contributed by atoms with Crippen LogP contribution < -0.4 is 0 Å². The van der Waals surface area contributed by atoms with Crippen molar-refractivity contribution in [3.63, 3.8) is 0 Å². The predicted molar refractivity (Wildman–Crippen MR) is 72.6 cm³/mol. The van der Waals surface area contributed by atoms with Gasteiger partial charge in [-0.05, 0) is 0 Å². The number of nitrogens with zero attached hydrogens (tertiary/aromatic N) is 4. The second-order valence-corrected chi connectivity index (χ2v) is 8.00. The SMILES string of the molecule is C[C@@]1(O)[C@H](O)[C@@H](CO)[Se][C@H]1n1cnc2c(Cl)ncnc21. The first-order chi connectivity index (χ1) is 9.46. The number of hydrogen-bond donors (Lipinski definition) is 3. The average molecular weight is 364 g/mol. The molecule has 1 aliphatic heterocycles. The monoisotopic (exact) mass is 364 g/mol. The molecule has 2 aromatic heterocycles. The summed E-state index contributed by atoms with van der Waals surface area (Å²) in [6.07, 6.45) is 1.89. The van der Waals surface area contributed by atoms with Gasteiger partial charge in [-0.1, -0.05) is 0 Å². The van der Waals surface area contributed by atoms with E-state index in [1.54, 1.807) is 17.8 Å². The van der Waals surface area contributed by atoms with Gasteiger partial charge in [0, 0.05) is 0 Å². The van der Waals surface area contributed by atoms with E-state index in [0.29, 0.717) is 11.2 Å². The van der Waals surface area contributed by atoms with Crippen LogP contribution in [0.4, 0.5) is 0 Å². The number of imidazole rings is 1. The van der Waals surface area contributed by atoms with Gasteiger partial charge in [-0.25, -0.2) is 0 Å². The van der Waals surface area contributed by atoms with Crippen molar-refractivity contribution in [1.29, 1.82) is 0 Å². The van der Waals surface area contributed by atoms with E-state index in [1.165, 1.54) is 6.33 Å². The van der Waals surface area contributed by atoms with Crippen LogP contribution in [0, 0.1) is 0 Å². The number of fused-ring (bicyclic) bond motifs is 1. The van der Waals surface area contributed by atoms with Crippen molar-refractivity contribution < 1.29 is 15.3 Å². The Labute approximate surface area is 125 Å². The number of aliphatic hydroxyl groups excluding tert-OH is 2. The molecule has 4 atom stereocenters. The fraction of sp³-hybridized carbons (Fsp3) is 0.545. The molecule has 1 aliphatic rings. The molecule has 2 aromatic rings. The van der Waals surface area contributed by atoms with Gasteiger partial charge in [0.2, 0.25) is 0 Å². The van der Waals surface area contributed by atoms with E-state index in [2.05, 4.69) is 15.0 Å². The summed E-state index contributed by atoms with van der Waals surface area (Å²) in [7, 11) is 0. The third-order valence-corrected chi connectivity index (χ3v) is 7.38. The van der Waals surface area contributed by atoms with E-state index in [9.17, 15) is 15.3 Å². The van der Waals surface area contributed by atoms with Crippen molar-refractivity contribution in [3.05, 3.63) is 17.8 Å². The molecule has 0 saturated carbocycles. The number of aromatic nitrogens is 4. The van der Waals surface area contributed by atoms with Crippen LogP contribution in [-0.2, 0) is 0 Å². The molecular weight excluding hydrogens is 351 g/mol. The third kappa shape index (κ3) is 1.95. The Morgan fingerprint density at radius 3 is 2.85 bits per heavy atom. The van der Waals surface area contributed by atoms with E-state index >= 15 is 0 Å². The molecule has 7 nitrogen and oxygen atoms in total. The zero-order valence-corrected chi connectivity index (χ0v) is 13.0. The first-order valence-electron chi connectivity index (χ1n) is 5.96. The molecule has 0 bridgehead atoms. The Bertz CT molecular complexity index is 650. The van der Waals surface area contributed by atoms with Crippen molar-refractivity contribution in [2.45, 2.75) is 28.4 Å². The Balaban J connectivity index is 2.10. The Morgan fingerprint density at radius 2 is 2.20 bits per heavy atom. The van der Waals surface area contributed by atoms with Gasteiger partial charge < -0.3 is 0 Å². The van der Waals surface area contributed by atoms with Gasteiger partial charge in [0.25, 0.3) is 0 Å². The van der Waals surface area contributed by atoms with Crippen molar-refractivity contribution in [2.24, 2.45) is 0 Å². The normalized spacial score (nSPS) is 34.0. The summed E-state index contributed by atoms with van der Waals surface area (Å²) in [4.78, 5) is 11.5. The number of halogens is 1. The van der Waals surface area contributed by atoms with E-state index in [0.717, 1.165) is 0 Å². The standard InChI is InChI=1S/C11H13ClN4O3Se/c1-11(19)7(18)5(2-17)20-10(11)16-4-15-6-8(12)13-3-14-9(6)16/h3-5,7,10,17-19H,2H2,1H3/t5-,7-,10-,11-/m1/s1. The summed E-state index contributed by atoms with van der Waals surface area (Å²) >= 11 is 5.75. The van der Waals surface area contributed by atoms with Crippen LogP contribution in [0.5, 0.6) is 0 Å². The summed E-state index contributed by atoms with van der Waals surface area (Å²) < 4.78 is 1.71. The number of rotatable bonds is 2. The molecule has 0 unspecified atom stereocenters. The fourth-order valence-electron chi connectivity index (χ4n) is 2.39. The maximum atomic E-state index is 10.6. The Hall–Kier alpha value is -0.761. The molecule has 0 aliphatic carbocycles. The van der Waals surface area contributed by atoms with Gasteiger partial charge in [-0.2, -0.15) is 0 Å². The molecule has 0 aromatic carbocycles. The molecule has 3 N–H and O–H groups in total. The Morgan fingerprint density at radius 1 is 1.45 bits per heavy atom. The van der Waals surface area contributed by atoms with Gasteiger partial charge in [-0.3, -0.25) is 0 Å². The van der Waals surface area contributed by atoms with E-state index in [-0.39, 0.29) is 36.5 Å². The van der Waals surface area contributed by atoms with Gasteiger partial charge >= 0.3 is 125 Å². The molecule has 1 fully saturated rings. The molecule has 108 valence electrons. The van der Waals surface area contributed by atoms with Gasteiger partial charge in [0.1, 0.15) is 0 Å². The van der Waals surface area contributed by atoms with Crippen LogP contribution in [0.1, 0.15) is 11.9 Å². The molecule has 0 spiro atoms. The van der Waals surface area contributed by atoms with Crippen LogP contribution in [-0.4, -0.2) is 68.1 Å². The van der Waals surface area contributed by atoms with E-state index in [1.807, 2.05) is 0 Å². The maximum absolute atomic E-state index is 10.6. The molecule has 3 heterocycles. The molecule has 1 saturated heterocycles. The van der Waals surface area contributed by atoms with Crippen LogP contribution in [0.15, 0.2) is 12.7 Å². The fourth-order valence-corrected chi connectivity index (χ4v) is 5.80. The number of hydrogen-bond acceptors (Lipinski definition) is 6. The molecule has 20 heavy (non-hydrogen) atoms. The predicted octanol–water partition coefficient (Wildman–Crippen LogP) is -0.411. The van der Waals surface area contributed by atoms with Crippen molar-refractivity contribution in [3.8, 4) is 0 Å². The zero-order chi connectivity index (χ0) is 14.5. The van der Waals surface area contributed by atoms with Crippen LogP contribution in [0.3, 0.4) is 0 Å². The topological polar surface area (TPSA) is 104 Å². The summed E-state index contributed by atoms with van der Waals surface area (Å²) in [5.74, 6) is 0. The Kier molecular flexibility index (Phi) is 3.48. The summed E-state index contributed by atoms with van der Waals surface area (Å²) in [6.45, 7) is 1.41. The average Bonchev–Trinajstić information content (AvgIpc) is 2.92. The molecule has 0 amide bonds. The van der Waals surface area contributed by atoms with Crippen LogP contribution >= 0.6 is 11.6 Å². The van der Waals surface area contributed by atoms with Crippen LogP contribution in [0.25, 0.3) is 11.2 Å². The van der Waals surface area contributed by atoms with E-state index in [4.69, 9.17) is 11.6 Å². The van der Waals surface area contributed by atoms with Gasteiger partial charge in [0.05, 0.1) is 0 Å². The first kappa shape index (κ1) is 14.2. The second-order valence-electron chi connectivity index (χ2n) is 4.87. The minimum absolute atomic E-state index is 0.157. The molecular formula is C11H13ClN4O3Se. The second kappa shape index (κ2) is 4.91. The van der Waals surface area contributed by atoms with Crippen LogP contribution in [0.2, 0.25) is 9.97 Å².